The predicted octanol–water partition coefficient (Wildman–Crippen LogP) is 3.32. The quantitative estimate of drug-likeness (QED) is 0.791. The summed E-state index contributed by atoms with van der Waals surface area (Å²) >= 11 is 0. The monoisotopic (exact) mass is 384 g/mol. The number of anilines is 1. The summed E-state index contributed by atoms with van der Waals surface area (Å²) in [6.07, 6.45) is 2.06. The normalized spacial score (nSPS) is 18.7. The van der Waals surface area contributed by atoms with Crippen LogP contribution in [0.25, 0.3) is 0 Å². The van der Waals surface area contributed by atoms with Crippen molar-refractivity contribution in [1.29, 1.82) is 0 Å². The van der Waals surface area contributed by atoms with Crippen molar-refractivity contribution in [2.75, 3.05) is 11.4 Å². The molecule has 28 heavy (non-hydrogen) atoms. The van der Waals surface area contributed by atoms with Crippen LogP contribution in [0, 0.1) is 5.82 Å². The molecule has 2 aromatic rings. The van der Waals surface area contributed by atoms with Crippen LogP contribution in [0.4, 0.5) is 10.1 Å². The van der Waals surface area contributed by atoms with Crippen LogP contribution in [0.5, 0.6) is 11.6 Å². The molecule has 0 saturated carbocycles. The largest absolute Gasteiger partial charge is 0.480 e. The van der Waals surface area contributed by atoms with E-state index in [0.717, 1.165) is 0 Å². The van der Waals surface area contributed by atoms with Crippen LogP contribution in [-0.2, 0) is 11.2 Å². The highest BCUT2D eigenvalue weighted by Crippen LogP contribution is 2.32. The second-order valence-corrected chi connectivity index (χ2v) is 7.26. The van der Waals surface area contributed by atoms with E-state index < -0.39 is 11.9 Å². The molecule has 146 valence electrons. The summed E-state index contributed by atoms with van der Waals surface area (Å²) in [6.45, 7) is 4.19. The van der Waals surface area contributed by atoms with Gasteiger partial charge in [-0.3, -0.25) is 9.59 Å². The molecule has 2 aliphatic rings. The van der Waals surface area contributed by atoms with E-state index in [-0.39, 0.29) is 17.8 Å². The van der Waals surface area contributed by atoms with Gasteiger partial charge in [0.25, 0.3) is 5.91 Å². The number of ketones is 1. The number of hydrogen-bond donors (Lipinski definition) is 0. The molecular weight excluding hydrogens is 363 g/mol. The van der Waals surface area contributed by atoms with Gasteiger partial charge in [-0.15, -0.1) is 0 Å². The Balaban J connectivity index is 1.51. The van der Waals surface area contributed by atoms with Crippen LogP contribution >= 0.6 is 0 Å². The fraction of sp³-hybridized carbons (Fsp3) is 0.381. The first-order valence-corrected chi connectivity index (χ1v) is 9.38. The maximum absolute atomic E-state index is 14.4. The van der Waals surface area contributed by atoms with E-state index in [4.69, 9.17) is 9.47 Å². The summed E-state index contributed by atoms with van der Waals surface area (Å²) in [5, 5.41) is 0. The summed E-state index contributed by atoms with van der Waals surface area (Å²) in [6, 6.07) is 6.26. The number of benzene rings is 1. The van der Waals surface area contributed by atoms with Crippen molar-refractivity contribution in [2.45, 2.75) is 45.3 Å². The fourth-order valence-electron chi connectivity index (χ4n) is 3.61. The fourth-order valence-corrected chi connectivity index (χ4v) is 3.61. The van der Waals surface area contributed by atoms with Gasteiger partial charge in [-0.2, -0.15) is 0 Å². The highest BCUT2D eigenvalue weighted by Gasteiger charge is 2.36. The Kier molecular flexibility index (Phi) is 4.75. The standard InChI is InChI=1S/C21H21FN2O4/c1-12(2)27-20-11-14(5-7-23-20)28-19-6-8-24(21(19)26)13-9-16-15(17(22)10-13)3-4-18(16)25/h5,7,9-12,19H,3-4,6,8H2,1-2H3/t19-/m1/s1. The maximum atomic E-state index is 14.4. The van der Waals surface area contributed by atoms with Crippen LogP contribution < -0.4 is 14.4 Å². The molecule has 0 N–H and O–H groups in total. The third-order valence-electron chi connectivity index (χ3n) is 4.89. The molecule has 4 rings (SSSR count). The summed E-state index contributed by atoms with van der Waals surface area (Å²) in [7, 11) is 0. The van der Waals surface area contributed by atoms with E-state index in [9.17, 15) is 14.0 Å². The van der Waals surface area contributed by atoms with Crippen LogP contribution in [-0.4, -0.2) is 35.4 Å². The highest BCUT2D eigenvalue weighted by atomic mass is 19.1. The summed E-state index contributed by atoms with van der Waals surface area (Å²) in [5.74, 6) is 0.146. The molecule has 1 saturated heterocycles. The molecule has 0 unspecified atom stereocenters. The van der Waals surface area contributed by atoms with Crippen molar-refractivity contribution < 1.29 is 23.5 Å². The number of pyridine rings is 1. The average Bonchev–Trinajstić information content (AvgIpc) is 3.19. The molecule has 1 amide bonds. The van der Waals surface area contributed by atoms with E-state index in [0.29, 0.717) is 54.3 Å². The molecule has 1 fully saturated rings. The molecule has 1 aliphatic carbocycles. The molecule has 0 radical (unpaired) electrons. The Morgan fingerprint density at radius 1 is 1.21 bits per heavy atom. The number of rotatable bonds is 5. The zero-order valence-electron chi connectivity index (χ0n) is 15.8. The first-order chi connectivity index (χ1) is 13.4. The first-order valence-electron chi connectivity index (χ1n) is 9.38. The van der Waals surface area contributed by atoms with Crippen LogP contribution in [0.15, 0.2) is 30.5 Å². The number of aromatic nitrogens is 1. The van der Waals surface area contributed by atoms with Gasteiger partial charge >= 0.3 is 0 Å². The lowest BCUT2D eigenvalue weighted by molar-refractivity contribution is -0.122. The summed E-state index contributed by atoms with van der Waals surface area (Å²) in [4.78, 5) is 30.4. The number of ether oxygens (including phenoxy) is 2. The van der Waals surface area contributed by atoms with E-state index >= 15 is 0 Å². The molecule has 1 aliphatic heterocycles. The zero-order valence-corrected chi connectivity index (χ0v) is 15.8. The summed E-state index contributed by atoms with van der Waals surface area (Å²) in [5.41, 5.74) is 1.24. The number of nitrogens with zero attached hydrogens (tertiary/aromatic N) is 2. The van der Waals surface area contributed by atoms with Crippen LogP contribution in [0.3, 0.4) is 0 Å². The average molecular weight is 384 g/mol. The van der Waals surface area contributed by atoms with Crippen LogP contribution in [0.1, 0.15) is 42.6 Å². The highest BCUT2D eigenvalue weighted by molar-refractivity contribution is 6.04. The van der Waals surface area contributed by atoms with E-state index in [2.05, 4.69) is 4.98 Å². The molecule has 1 aromatic heterocycles. The third kappa shape index (κ3) is 3.44. The van der Waals surface area contributed by atoms with E-state index in [1.165, 1.54) is 11.0 Å². The number of halogens is 1. The third-order valence-corrected chi connectivity index (χ3v) is 4.89. The number of carbonyl (C=O) groups excluding carboxylic acids is 2. The number of carbonyl (C=O) groups is 2. The van der Waals surface area contributed by atoms with Gasteiger partial charge in [0.1, 0.15) is 11.6 Å². The van der Waals surface area contributed by atoms with Crippen molar-refractivity contribution in [3.05, 3.63) is 47.4 Å². The second-order valence-electron chi connectivity index (χ2n) is 7.26. The number of hydrogen-bond acceptors (Lipinski definition) is 5. The first kappa shape index (κ1) is 18.4. The molecule has 7 heteroatoms. The molecule has 0 spiro atoms. The number of Topliss-reactive ketones (excluding diaryl/α,β-unsaturated/α-hetero) is 1. The smallest absolute Gasteiger partial charge is 0.268 e. The van der Waals surface area contributed by atoms with Gasteiger partial charge in [-0.25, -0.2) is 9.37 Å². The molecular formula is C21H21FN2O4. The summed E-state index contributed by atoms with van der Waals surface area (Å²) < 4.78 is 25.7. The Morgan fingerprint density at radius 2 is 2.04 bits per heavy atom. The lowest BCUT2D eigenvalue weighted by Crippen LogP contribution is -2.32. The number of fused-ring (bicyclic) bond motifs is 1. The van der Waals surface area contributed by atoms with Crippen molar-refractivity contribution in [3.63, 3.8) is 0 Å². The maximum Gasteiger partial charge on any atom is 0.268 e. The van der Waals surface area contributed by atoms with E-state index in [1.807, 2.05) is 13.8 Å². The van der Waals surface area contributed by atoms with Gasteiger partial charge in [-0.05, 0) is 44.0 Å². The number of amides is 1. The Hall–Kier alpha value is -2.96. The van der Waals surface area contributed by atoms with Gasteiger partial charge in [0.2, 0.25) is 5.88 Å². The van der Waals surface area contributed by atoms with Gasteiger partial charge in [-0.1, -0.05) is 0 Å². The van der Waals surface area contributed by atoms with Crippen molar-refractivity contribution >= 4 is 17.4 Å². The molecule has 1 atom stereocenters. The Bertz CT molecular complexity index is 944. The second kappa shape index (κ2) is 7.22. The topological polar surface area (TPSA) is 68.7 Å². The van der Waals surface area contributed by atoms with Crippen molar-refractivity contribution in [3.8, 4) is 11.6 Å². The lowest BCUT2D eigenvalue weighted by atomic mass is 10.1. The van der Waals surface area contributed by atoms with Gasteiger partial charge in [0, 0.05) is 42.9 Å². The lowest BCUT2D eigenvalue weighted by Gasteiger charge is -2.19. The zero-order chi connectivity index (χ0) is 19.8. The Labute approximate surface area is 162 Å². The van der Waals surface area contributed by atoms with Crippen molar-refractivity contribution in [2.24, 2.45) is 0 Å². The predicted molar refractivity (Wildman–Crippen MR) is 100 cm³/mol. The van der Waals surface area contributed by atoms with E-state index in [1.54, 1.807) is 24.4 Å². The Morgan fingerprint density at radius 3 is 2.82 bits per heavy atom. The molecule has 1 aromatic carbocycles. The van der Waals surface area contributed by atoms with Gasteiger partial charge in [0.05, 0.1) is 6.10 Å². The SMILES string of the molecule is CC(C)Oc1cc(O[C@@H]2CCN(c3cc(F)c4c(c3)C(=O)CC4)C2=O)ccn1. The molecule has 6 nitrogen and oxygen atoms in total. The van der Waals surface area contributed by atoms with Crippen molar-refractivity contribution in [1.82, 2.24) is 4.98 Å². The minimum absolute atomic E-state index is 0.0243. The van der Waals surface area contributed by atoms with Gasteiger partial charge in [0.15, 0.2) is 11.9 Å². The molecule has 0 bridgehead atoms. The van der Waals surface area contributed by atoms with Gasteiger partial charge < -0.3 is 14.4 Å². The van der Waals surface area contributed by atoms with Crippen LogP contribution in [0.2, 0.25) is 0 Å². The molecule has 2 heterocycles. The minimum Gasteiger partial charge on any atom is -0.480 e. The minimum atomic E-state index is -0.679.